The van der Waals surface area contributed by atoms with Crippen molar-refractivity contribution in [3.8, 4) is 0 Å². The molecule has 2 heteroatoms. The molecule has 0 amide bonds. The quantitative estimate of drug-likeness (QED) is 0.812. The van der Waals surface area contributed by atoms with E-state index in [1.165, 1.54) is 22.2 Å². The molecule has 1 heterocycles. The molecular formula is C15H22N2. The van der Waals surface area contributed by atoms with E-state index in [2.05, 4.69) is 52.6 Å². The van der Waals surface area contributed by atoms with Gasteiger partial charge >= 0.3 is 0 Å². The first-order valence-electron chi connectivity index (χ1n) is 6.41. The molecule has 0 atom stereocenters. The zero-order chi connectivity index (χ0) is 12.7. The Kier molecular flexibility index (Phi) is 2.98. The fraction of sp³-hybridized carbons (Fsp3) is 0.533. The van der Waals surface area contributed by atoms with Gasteiger partial charge in [0.05, 0.1) is 11.0 Å². The predicted molar refractivity (Wildman–Crippen MR) is 73.7 cm³/mol. The molecule has 0 saturated carbocycles. The molecule has 0 bridgehead atoms. The molecule has 0 radical (unpaired) electrons. The Morgan fingerprint density at radius 2 is 1.71 bits per heavy atom. The van der Waals surface area contributed by atoms with Gasteiger partial charge in [-0.15, -0.1) is 0 Å². The molecular weight excluding hydrogens is 208 g/mol. The van der Waals surface area contributed by atoms with Gasteiger partial charge in [-0.2, -0.15) is 0 Å². The van der Waals surface area contributed by atoms with Crippen molar-refractivity contribution in [1.29, 1.82) is 0 Å². The van der Waals surface area contributed by atoms with E-state index in [1.807, 2.05) is 0 Å². The van der Waals surface area contributed by atoms with Gasteiger partial charge in [-0.1, -0.05) is 27.7 Å². The normalized spacial score (nSPS) is 12.0. The second-order valence-electron chi connectivity index (χ2n) is 5.56. The van der Waals surface area contributed by atoms with Crippen LogP contribution in [0.25, 0.3) is 11.0 Å². The van der Waals surface area contributed by atoms with Crippen LogP contribution < -0.4 is 0 Å². The molecule has 1 aromatic heterocycles. The number of H-pyrrole nitrogens is 1. The Morgan fingerprint density at radius 1 is 1.06 bits per heavy atom. The summed E-state index contributed by atoms with van der Waals surface area (Å²) in [5.74, 6) is 2.09. The van der Waals surface area contributed by atoms with E-state index in [9.17, 15) is 0 Å². The average Bonchev–Trinajstić information content (AvgIpc) is 2.60. The SMILES string of the molecule is Cc1cc2[nH]c(C(C)C)nc2c(C)c1C(C)C. The maximum atomic E-state index is 4.74. The highest BCUT2D eigenvalue weighted by atomic mass is 14.9. The molecule has 0 aliphatic heterocycles. The molecule has 0 spiro atoms. The lowest BCUT2D eigenvalue weighted by Gasteiger charge is -2.13. The minimum absolute atomic E-state index is 0.449. The largest absolute Gasteiger partial charge is 0.342 e. The molecule has 0 aliphatic rings. The molecule has 0 saturated heterocycles. The molecule has 2 aromatic rings. The number of imidazole rings is 1. The van der Waals surface area contributed by atoms with Crippen molar-refractivity contribution in [2.24, 2.45) is 0 Å². The molecule has 2 rings (SSSR count). The van der Waals surface area contributed by atoms with Gasteiger partial charge in [0.25, 0.3) is 0 Å². The number of nitrogens with zero attached hydrogens (tertiary/aromatic N) is 1. The van der Waals surface area contributed by atoms with Crippen LogP contribution in [0.15, 0.2) is 6.07 Å². The minimum Gasteiger partial charge on any atom is -0.342 e. The molecule has 0 fully saturated rings. The first kappa shape index (κ1) is 12.2. The summed E-state index contributed by atoms with van der Waals surface area (Å²) in [6.07, 6.45) is 0. The van der Waals surface area contributed by atoms with Crippen molar-refractivity contribution in [3.05, 3.63) is 28.6 Å². The van der Waals surface area contributed by atoms with Gasteiger partial charge < -0.3 is 4.98 Å². The number of rotatable bonds is 2. The first-order chi connectivity index (χ1) is 7.91. The summed E-state index contributed by atoms with van der Waals surface area (Å²) in [5, 5.41) is 0. The van der Waals surface area contributed by atoms with Crippen molar-refractivity contribution in [1.82, 2.24) is 9.97 Å². The predicted octanol–water partition coefficient (Wildman–Crippen LogP) is 4.43. The smallest absolute Gasteiger partial charge is 0.109 e. The van der Waals surface area contributed by atoms with Gasteiger partial charge in [0, 0.05) is 5.92 Å². The zero-order valence-electron chi connectivity index (χ0n) is 11.7. The van der Waals surface area contributed by atoms with E-state index in [0.29, 0.717) is 11.8 Å². The second kappa shape index (κ2) is 4.17. The molecule has 0 aliphatic carbocycles. The Morgan fingerprint density at radius 3 is 2.24 bits per heavy atom. The number of aryl methyl sites for hydroxylation is 2. The highest BCUT2D eigenvalue weighted by Gasteiger charge is 2.14. The van der Waals surface area contributed by atoms with E-state index >= 15 is 0 Å². The minimum atomic E-state index is 0.449. The van der Waals surface area contributed by atoms with Gasteiger partial charge in [-0.3, -0.25) is 0 Å². The lowest BCUT2D eigenvalue weighted by molar-refractivity contribution is 0.798. The van der Waals surface area contributed by atoms with Crippen LogP contribution in [0.2, 0.25) is 0 Å². The number of hydrogen-bond acceptors (Lipinski definition) is 1. The summed E-state index contributed by atoms with van der Waals surface area (Å²) < 4.78 is 0. The van der Waals surface area contributed by atoms with E-state index in [1.54, 1.807) is 0 Å². The summed E-state index contributed by atoms with van der Waals surface area (Å²) in [6, 6.07) is 2.23. The maximum Gasteiger partial charge on any atom is 0.109 e. The number of aromatic nitrogens is 2. The second-order valence-corrected chi connectivity index (χ2v) is 5.56. The Bertz CT molecular complexity index is 548. The number of benzene rings is 1. The third-order valence-electron chi connectivity index (χ3n) is 3.42. The van der Waals surface area contributed by atoms with Crippen LogP contribution in [-0.2, 0) is 0 Å². The van der Waals surface area contributed by atoms with Gasteiger partial charge in [0.1, 0.15) is 5.82 Å². The van der Waals surface area contributed by atoms with Crippen LogP contribution in [0.5, 0.6) is 0 Å². The Balaban J connectivity index is 2.74. The first-order valence-corrected chi connectivity index (χ1v) is 6.41. The summed E-state index contributed by atoms with van der Waals surface area (Å²) in [5.41, 5.74) is 6.46. The molecule has 17 heavy (non-hydrogen) atoms. The van der Waals surface area contributed by atoms with Crippen molar-refractivity contribution >= 4 is 11.0 Å². The van der Waals surface area contributed by atoms with Gasteiger partial charge in [0.15, 0.2) is 0 Å². The Hall–Kier alpha value is -1.31. The number of aromatic amines is 1. The summed E-state index contributed by atoms with van der Waals surface area (Å²) in [4.78, 5) is 8.17. The lowest BCUT2D eigenvalue weighted by atomic mass is 9.92. The van der Waals surface area contributed by atoms with Crippen LogP contribution in [0.3, 0.4) is 0 Å². The molecule has 1 aromatic carbocycles. The van der Waals surface area contributed by atoms with Gasteiger partial charge in [-0.25, -0.2) is 4.98 Å². The Labute approximate surface area is 103 Å². The van der Waals surface area contributed by atoms with Crippen LogP contribution in [0.1, 0.15) is 62.0 Å². The highest BCUT2D eigenvalue weighted by molar-refractivity contribution is 5.81. The van der Waals surface area contributed by atoms with E-state index in [4.69, 9.17) is 4.98 Å². The molecule has 92 valence electrons. The molecule has 1 N–H and O–H groups in total. The molecule has 0 unspecified atom stereocenters. The standard InChI is InChI=1S/C15H22N2/c1-8(2)13-10(5)7-12-14(11(13)6)17-15(16-12)9(3)4/h7-9H,1-6H3,(H,16,17). The van der Waals surface area contributed by atoms with Crippen LogP contribution in [0.4, 0.5) is 0 Å². The van der Waals surface area contributed by atoms with Crippen molar-refractivity contribution in [3.63, 3.8) is 0 Å². The monoisotopic (exact) mass is 230 g/mol. The van der Waals surface area contributed by atoms with Gasteiger partial charge in [-0.05, 0) is 42.5 Å². The number of hydrogen-bond donors (Lipinski definition) is 1. The average molecular weight is 230 g/mol. The summed E-state index contributed by atoms with van der Waals surface area (Å²) >= 11 is 0. The number of nitrogens with one attached hydrogen (secondary N) is 1. The summed E-state index contributed by atoms with van der Waals surface area (Å²) in [7, 11) is 0. The fourth-order valence-electron chi connectivity index (χ4n) is 2.68. The third-order valence-corrected chi connectivity index (χ3v) is 3.42. The lowest BCUT2D eigenvalue weighted by Crippen LogP contribution is -1.97. The zero-order valence-corrected chi connectivity index (χ0v) is 11.7. The van der Waals surface area contributed by atoms with Crippen molar-refractivity contribution in [2.45, 2.75) is 53.4 Å². The topological polar surface area (TPSA) is 28.7 Å². The third kappa shape index (κ3) is 1.97. The fourth-order valence-corrected chi connectivity index (χ4v) is 2.68. The molecule has 2 nitrogen and oxygen atoms in total. The van der Waals surface area contributed by atoms with Crippen molar-refractivity contribution < 1.29 is 0 Å². The van der Waals surface area contributed by atoms with Crippen molar-refractivity contribution in [2.75, 3.05) is 0 Å². The highest BCUT2D eigenvalue weighted by Crippen LogP contribution is 2.30. The van der Waals surface area contributed by atoms with E-state index < -0.39 is 0 Å². The van der Waals surface area contributed by atoms with Gasteiger partial charge in [0.2, 0.25) is 0 Å². The summed E-state index contributed by atoms with van der Waals surface area (Å²) in [6.45, 7) is 13.2. The maximum absolute atomic E-state index is 4.74. The van der Waals surface area contributed by atoms with Crippen LogP contribution in [0, 0.1) is 13.8 Å². The number of fused-ring (bicyclic) bond motifs is 1. The van der Waals surface area contributed by atoms with E-state index in [-0.39, 0.29) is 0 Å². The van der Waals surface area contributed by atoms with E-state index in [0.717, 1.165) is 11.3 Å². The van der Waals surface area contributed by atoms with Crippen LogP contribution in [-0.4, -0.2) is 9.97 Å². The van der Waals surface area contributed by atoms with Crippen LogP contribution >= 0.6 is 0 Å².